The molecule has 0 saturated heterocycles. The third kappa shape index (κ3) is 4.04. The van der Waals surface area contributed by atoms with E-state index in [0.717, 1.165) is 19.0 Å². The summed E-state index contributed by atoms with van der Waals surface area (Å²) >= 11 is 0. The second-order valence-corrected chi connectivity index (χ2v) is 3.50. The van der Waals surface area contributed by atoms with Crippen molar-refractivity contribution in [3.63, 3.8) is 0 Å². The number of hydrogen-bond acceptors (Lipinski definition) is 2. The van der Waals surface area contributed by atoms with Crippen LogP contribution in [-0.2, 0) is 6.54 Å². The minimum absolute atomic E-state index is 0.766. The van der Waals surface area contributed by atoms with Crippen molar-refractivity contribution < 1.29 is 0 Å². The lowest BCUT2D eigenvalue weighted by Gasteiger charge is -2.09. The Balaban J connectivity index is 2.20. The Bertz CT molecular complexity index is 221. The first-order valence-electron chi connectivity index (χ1n) is 4.92. The summed E-state index contributed by atoms with van der Waals surface area (Å²) in [5.74, 6) is 0.766. The summed E-state index contributed by atoms with van der Waals surface area (Å²) < 4.78 is 0. The average molecular weight is 178 g/mol. The van der Waals surface area contributed by atoms with Crippen LogP contribution >= 0.6 is 0 Å². The van der Waals surface area contributed by atoms with E-state index in [0.29, 0.717) is 0 Å². The van der Waals surface area contributed by atoms with Crippen LogP contribution in [0, 0.1) is 5.92 Å². The van der Waals surface area contributed by atoms with Crippen molar-refractivity contribution in [1.29, 1.82) is 0 Å². The monoisotopic (exact) mass is 178 g/mol. The lowest BCUT2D eigenvalue weighted by Crippen LogP contribution is -2.20. The van der Waals surface area contributed by atoms with Gasteiger partial charge in [0.05, 0.1) is 0 Å². The number of nitrogens with zero attached hydrogens (tertiary/aromatic N) is 1. The van der Waals surface area contributed by atoms with Gasteiger partial charge in [-0.05, 0) is 30.2 Å². The summed E-state index contributed by atoms with van der Waals surface area (Å²) in [6, 6.07) is 4.09. The normalized spacial score (nSPS) is 12.8. The standard InChI is InChI=1S/C11H18N2/c1-3-10(2)8-13-9-11-4-6-12-7-5-11/h4-7,10,13H,3,8-9H2,1-2H3. The molecule has 0 aliphatic carbocycles. The summed E-state index contributed by atoms with van der Waals surface area (Å²) in [5.41, 5.74) is 1.30. The predicted octanol–water partition coefficient (Wildman–Crippen LogP) is 2.22. The van der Waals surface area contributed by atoms with Crippen molar-refractivity contribution in [1.82, 2.24) is 10.3 Å². The van der Waals surface area contributed by atoms with Gasteiger partial charge in [0.1, 0.15) is 0 Å². The van der Waals surface area contributed by atoms with Gasteiger partial charge in [-0.3, -0.25) is 4.98 Å². The Kier molecular flexibility index (Phi) is 4.47. The van der Waals surface area contributed by atoms with E-state index in [9.17, 15) is 0 Å². The summed E-state index contributed by atoms with van der Waals surface area (Å²) in [7, 11) is 0. The van der Waals surface area contributed by atoms with Crippen LogP contribution in [0.5, 0.6) is 0 Å². The van der Waals surface area contributed by atoms with Crippen LogP contribution in [-0.4, -0.2) is 11.5 Å². The molecule has 72 valence electrons. The van der Waals surface area contributed by atoms with Gasteiger partial charge >= 0.3 is 0 Å². The number of aromatic nitrogens is 1. The highest BCUT2D eigenvalue weighted by molar-refractivity contribution is 5.08. The van der Waals surface area contributed by atoms with E-state index in [4.69, 9.17) is 0 Å². The molecule has 1 aromatic rings. The highest BCUT2D eigenvalue weighted by Crippen LogP contribution is 1.99. The Morgan fingerprint density at radius 1 is 1.38 bits per heavy atom. The van der Waals surface area contributed by atoms with E-state index in [1.54, 1.807) is 0 Å². The topological polar surface area (TPSA) is 24.9 Å². The van der Waals surface area contributed by atoms with Gasteiger partial charge in [-0.25, -0.2) is 0 Å². The van der Waals surface area contributed by atoms with Gasteiger partial charge in [0.2, 0.25) is 0 Å². The zero-order valence-corrected chi connectivity index (χ0v) is 8.46. The third-order valence-corrected chi connectivity index (χ3v) is 2.27. The molecule has 0 spiro atoms. The van der Waals surface area contributed by atoms with Gasteiger partial charge in [0, 0.05) is 18.9 Å². The van der Waals surface area contributed by atoms with Crippen molar-refractivity contribution in [2.24, 2.45) is 5.92 Å². The minimum Gasteiger partial charge on any atom is -0.312 e. The molecule has 0 radical (unpaired) electrons. The number of nitrogens with one attached hydrogen (secondary N) is 1. The van der Waals surface area contributed by atoms with E-state index in [1.165, 1.54) is 12.0 Å². The van der Waals surface area contributed by atoms with Crippen molar-refractivity contribution in [2.45, 2.75) is 26.8 Å². The summed E-state index contributed by atoms with van der Waals surface area (Å²) in [4.78, 5) is 3.98. The second kappa shape index (κ2) is 5.70. The molecule has 0 aliphatic rings. The molecule has 0 bridgehead atoms. The number of hydrogen-bond donors (Lipinski definition) is 1. The Morgan fingerprint density at radius 3 is 2.69 bits per heavy atom. The van der Waals surface area contributed by atoms with Gasteiger partial charge in [0.15, 0.2) is 0 Å². The first-order valence-corrected chi connectivity index (χ1v) is 4.92. The highest BCUT2D eigenvalue weighted by Gasteiger charge is 1.97. The van der Waals surface area contributed by atoms with Crippen LogP contribution in [0.4, 0.5) is 0 Å². The summed E-state index contributed by atoms with van der Waals surface area (Å²) in [6.45, 7) is 6.53. The molecule has 0 aliphatic heterocycles. The quantitative estimate of drug-likeness (QED) is 0.747. The highest BCUT2D eigenvalue weighted by atomic mass is 14.9. The van der Waals surface area contributed by atoms with Crippen LogP contribution in [0.15, 0.2) is 24.5 Å². The molecule has 0 amide bonds. The molecular weight excluding hydrogens is 160 g/mol. The van der Waals surface area contributed by atoms with Crippen molar-refractivity contribution in [2.75, 3.05) is 6.54 Å². The van der Waals surface area contributed by atoms with Gasteiger partial charge < -0.3 is 5.32 Å². The van der Waals surface area contributed by atoms with E-state index >= 15 is 0 Å². The summed E-state index contributed by atoms with van der Waals surface area (Å²) in [6.07, 6.45) is 4.91. The van der Waals surface area contributed by atoms with Crippen LogP contribution in [0.2, 0.25) is 0 Å². The first-order chi connectivity index (χ1) is 6.33. The molecule has 1 atom stereocenters. The predicted molar refractivity (Wildman–Crippen MR) is 55.4 cm³/mol. The molecule has 1 aromatic heterocycles. The van der Waals surface area contributed by atoms with E-state index < -0.39 is 0 Å². The average Bonchev–Trinajstić information content (AvgIpc) is 2.19. The van der Waals surface area contributed by atoms with Crippen LogP contribution in [0.25, 0.3) is 0 Å². The summed E-state index contributed by atoms with van der Waals surface area (Å²) in [5, 5.41) is 3.42. The van der Waals surface area contributed by atoms with Gasteiger partial charge in [-0.1, -0.05) is 20.3 Å². The van der Waals surface area contributed by atoms with Crippen molar-refractivity contribution in [3.8, 4) is 0 Å². The SMILES string of the molecule is CCC(C)CNCc1ccncc1. The van der Waals surface area contributed by atoms with Gasteiger partial charge in [0.25, 0.3) is 0 Å². The largest absolute Gasteiger partial charge is 0.312 e. The van der Waals surface area contributed by atoms with Crippen molar-refractivity contribution >= 4 is 0 Å². The maximum absolute atomic E-state index is 3.98. The fraction of sp³-hybridized carbons (Fsp3) is 0.545. The minimum atomic E-state index is 0.766. The van der Waals surface area contributed by atoms with Crippen LogP contribution in [0.1, 0.15) is 25.8 Å². The second-order valence-electron chi connectivity index (χ2n) is 3.50. The van der Waals surface area contributed by atoms with E-state index in [2.05, 4.69) is 24.1 Å². The number of pyridine rings is 1. The lowest BCUT2D eigenvalue weighted by atomic mass is 10.1. The Morgan fingerprint density at radius 2 is 2.08 bits per heavy atom. The van der Waals surface area contributed by atoms with Crippen LogP contribution in [0.3, 0.4) is 0 Å². The smallest absolute Gasteiger partial charge is 0.0271 e. The maximum atomic E-state index is 3.98. The van der Waals surface area contributed by atoms with E-state index in [-0.39, 0.29) is 0 Å². The number of rotatable bonds is 5. The fourth-order valence-electron chi connectivity index (χ4n) is 1.11. The van der Waals surface area contributed by atoms with E-state index in [1.807, 2.05) is 24.5 Å². The van der Waals surface area contributed by atoms with Crippen LogP contribution < -0.4 is 5.32 Å². The Labute approximate surface area is 80.4 Å². The molecule has 1 heterocycles. The molecule has 1 rings (SSSR count). The molecule has 13 heavy (non-hydrogen) atoms. The molecular formula is C11H18N2. The Hall–Kier alpha value is -0.890. The molecule has 2 heteroatoms. The van der Waals surface area contributed by atoms with Crippen molar-refractivity contribution in [3.05, 3.63) is 30.1 Å². The maximum Gasteiger partial charge on any atom is 0.0271 e. The molecule has 1 N–H and O–H groups in total. The lowest BCUT2D eigenvalue weighted by molar-refractivity contribution is 0.500. The van der Waals surface area contributed by atoms with Gasteiger partial charge in [-0.15, -0.1) is 0 Å². The fourth-order valence-corrected chi connectivity index (χ4v) is 1.11. The molecule has 2 nitrogen and oxygen atoms in total. The van der Waals surface area contributed by atoms with Gasteiger partial charge in [-0.2, -0.15) is 0 Å². The zero-order chi connectivity index (χ0) is 9.52. The first kappa shape index (κ1) is 10.2. The molecule has 0 aromatic carbocycles. The molecule has 1 unspecified atom stereocenters. The zero-order valence-electron chi connectivity index (χ0n) is 8.46. The third-order valence-electron chi connectivity index (χ3n) is 2.27. The molecule has 0 fully saturated rings. The molecule has 0 saturated carbocycles.